The topological polar surface area (TPSA) is 92.7 Å². The lowest BCUT2D eigenvalue weighted by Crippen LogP contribution is -2.28. The zero-order valence-corrected chi connectivity index (χ0v) is 29.4. The number of allylic oxidation sites excluding steroid dienone is 9. The molecule has 0 bridgehead atoms. The highest BCUT2D eigenvalue weighted by Gasteiger charge is 2.11. The minimum atomic E-state index is -1.02. The predicted octanol–water partition coefficient (Wildman–Crippen LogP) is 10.9. The van der Waals surface area contributed by atoms with Crippen LogP contribution in [0.3, 0.4) is 0 Å². The van der Waals surface area contributed by atoms with E-state index in [0.29, 0.717) is 12.8 Å². The van der Waals surface area contributed by atoms with Gasteiger partial charge in [0.1, 0.15) is 12.6 Å². The third kappa shape index (κ3) is 34.0. The SMILES string of the molecule is CC/C=C\C/C=C\C/C=C\C(CCCCCCCCC(=O)NCC(=O)O)OC(=O)CCCCCCC/C=C\C/C=C\CCCCC. The molecule has 0 aliphatic rings. The van der Waals surface area contributed by atoms with Crippen LogP contribution in [-0.4, -0.2) is 35.6 Å². The van der Waals surface area contributed by atoms with Crippen LogP contribution in [0, 0.1) is 0 Å². The molecule has 0 heterocycles. The summed E-state index contributed by atoms with van der Waals surface area (Å²) in [4.78, 5) is 34.7. The maximum Gasteiger partial charge on any atom is 0.322 e. The largest absolute Gasteiger partial charge is 0.480 e. The van der Waals surface area contributed by atoms with E-state index in [1.54, 1.807) is 0 Å². The van der Waals surface area contributed by atoms with Gasteiger partial charge in [-0.05, 0) is 83.1 Å². The van der Waals surface area contributed by atoms with Gasteiger partial charge in [-0.1, -0.05) is 126 Å². The smallest absolute Gasteiger partial charge is 0.322 e. The zero-order valence-electron chi connectivity index (χ0n) is 29.4. The van der Waals surface area contributed by atoms with Crippen molar-refractivity contribution in [3.05, 3.63) is 60.8 Å². The average Bonchev–Trinajstić information content (AvgIpc) is 3.04. The molecule has 6 heteroatoms. The molecule has 0 fully saturated rings. The van der Waals surface area contributed by atoms with Gasteiger partial charge in [0.2, 0.25) is 5.91 Å². The monoisotopic (exact) mass is 642 g/mol. The first-order valence-electron chi connectivity index (χ1n) is 18.4. The minimum Gasteiger partial charge on any atom is -0.480 e. The van der Waals surface area contributed by atoms with E-state index in [4.69, 9.17) is 9.84 Å². The van der Waals surface area contributed by atoms with Crippen LogP contribution >= 0.6 is 0 Å². The summed E-state index contributed by atoms with van der Waals surface area (Å²) in [7, 11) is 0. The molecule has 1 atom stereocenters. The molecule has 46 heavy (non-hydrogen) atoms. The number of esters is 1. The number of ether oxygens (including phenoxy) is 1. The van der Waals surface area contributed by atoms with Crippen LogP contribution < -0.4 is 5.32 Å². The van der Waals surface area contributed by atoms with Crippen molar-refractivity contribution in [3.8, 4) is 0 Å². The molecule has 2 N–H and O–H groups in total. The lowest BCUT2D eigenvalue weighted by atomic mass is 10.1. The Balaban J connectivity index is 4.23. The van der Waals surface area contributed by atoms with Gasteiger partial charge in [-0.2, -0.15) is 0 Å². The van der Waals surface area contributed by atoms with Crippen LogP contribution in [-0.2, 0) is 19.1 Å². The van der Waals surface area contributed by atoms with Gasteiger partial charge in [0.25, 0.3) is 0 Å². The maximum atomic E-state index is 12.6. The molecule has 0 aliphatic heterocycles. The molecule has 0 aliphatic carbocycles. The van der Waals surface area contributed by atoms with Crippen molar-refractivity contribution < 1.29 is 24.2 Å². The molecule has 0 radical (unpaired) electrons. The maximum absolute atomic E-state index is 12.6. The fourth-order valence-electron chi connectivity index (χ4n) is 4.95. The molecule has 0 saturated carbocycles. The number of carbonyl (C=O) groups excluding carboxylic acids is 2. The molecule has 0 spiro atoms. The molecule has 1 unspecified atom stereocenters. The van der Waals surface area contributed by atoms with E-state index >= 15 is 0 Å². The lowest BCUT2D eigenvalue weighted by Gasteiger charge is -2.14. The van der Waals surface area contributed by atoms with Crippen molar-refractivity contribution in [1.82, 2.24) is 5.32 Å². The summed E-state index contributed by atoms with van der Waals surface area (Å²) in [5.41, 5.74) is 0. The van der Waals surface area contributed by atoms with Gasteiger partial charge >= 0.3 is 11.9 Å². The fourth-order valence-corrected chi connectivity index (χ4v) is 4.95. The van der Waals surface area contributed by atoms with Gasteiger partial charge in [-0.3, -0.25) is 14.4 Å². The van der Waals surface area contributed by atoms with E-state index < -0.39 is 5.97 Å². The van der Waals surface area contributed by atoms with E-state index in [-0.39, 0.29) is 24.5 Å². The molecular formula is C40H67NO5. The number of hydrogen-bond donors (Lipinski definition) is 2. The zero-order chi connectivity index (χ0) is 33.8. The molecule has 0 aromatic heterocycles. The predicted molar refractivity (Wildman–Crippen MR) is 194 cm³/mol. The lowest BCUT2D eigenvalue weighted by molar-refractivity contribution is -0.147. The van der Waals surface area contributed by atoms with Gasteiger partial charge < -0.3 is 15.2 Å². The van der Waals surface area contributed by atoms with Gasteiger partial charge in [0, 0.05) is 12.8 Å². The van der Waals surface area contributed by atoms with Gasteiger partial charge in [-0.25, -0.2) is 0 Å². The summed E-state index contributed by atoms with van der Waals surface area (Å²) in [5.74, 6) is -1.32. The van der Waals surface area contributed by atoms with E-state index in [0.717, 1.165) is 96.3 Å². The number of amides is 1. The number of nitrogens with one attached hydrogen (secondary N) is 1. The summed E-state index contributed by atoms with van der Waals surface area (Å²) in [6.45, 7) is 4.05. The standard InChI is InChI=1S/C40H67NO5/c1-3-5-7-9-11-13-14-15-16-17-18-19-21-27-31-35-40(45)46-37(32-28-24-20-12-10-8-6-4-2)33-29-25-22-23-26-30-34-38(42)41-36-39(43)44/h6,8,11-13,15-16,20,28,32,37H,3-5,7,9-10,14,17-19,21-27,29-31,33-36H2,1-2H3,(H,41,42)(H,43,44)/b8-6-,13-11-,16-15-,20-12-,32-28-. The normalized spacial score (nSPS) is 12.7. The number of unbranched alkanes of at least 4 members (excludes halogenated alkanes) is 13. The van der Waals surface area contributed by atoms with Crippen LogP contribution in [0.15, 0.2) is 60.8 Å². The van der Waals surface area contributed by atoms with Gasteiger partial charge in [0.15, 0.2) is 0 Å². The van der Waals surface area contributed by atoms with Gasteiger partial charge in [-0.15, -0.1) is 0 Å². The van der Waals surface area contributed by atoms with E-state index in [1.165, 1.54) is 38.5 Å². The van der Waals surface area contributed by atoms with E-state index in [1.807, 2.05) is 0 Å². The Morgan fingerprint density at radius 3 is 1.76 bits per heavy atom. The highest BCUT2D eigenvalue weighted by Crippen LogP contribution is 2.15. The van der Waals surface area contributed by atoms with E-state index in [9.17, 15) is 14.4 Å². The molecule has 0 rings (SSSR count). The van der Waals surface area contributed by atoms with Crippen LogP contribution in [0.1, 0.15) is 162 Å². The minimum absolute atomic E-state index is 0.0956. The molecular weight excluding hydrogens is 574 g/mol. The Morgan fingerprint density at radius 2 is 1.13 bits per heavy atom. The van der Waals surface area contributed by atoms with Crippen LogP contribution in [0.2, 0.25) is 0 Å². The second-order valence-corrected chi connectivity index (χ2v) is 12.1. The van der Waals surface area contributed by atoms with Crippen molar-refractivity contribution in [1.29, 1.82) is 0 Å². The first-order valence-corrected chi connectivity index (χ1v) is 18.4. The molecule has 6 nitrogen and oxygen atoms in total. The average molecular weight is 642 g/mol. The Labute approximate surface area is 281 Å². The Morgan fingerprint density at radius 1 is 0.609 bits per heavy atom. The number of aliphatic carboxylic acids is 1. The summed E-state index contributed by atoms with van der Waals surface area (Å²) >= 11 is 0. The van der Waals surface area contributed by atoms with Crippen LogP contribution in [0.25, 0.3) is 0 Å². The van der Waals surface area contributed by atoms with Crippen molar-refractivity contribution in [3.63, 3.8) is 0 Å². The van der Waals surface area contributed by atoms with Crippen molar-refractivity contribution in [2.75, 3.05) is 6.54 Å². The quantitative estimate of drug-likeness (QED) is 0.0433. The molecule has 0 aromatic rings. The van der Waals surface area contributed by atoms with Crippen molar-refractivity contribution in [2.24, 2.45) is 0 Å². The number of rotatable bonds is 32. The Kier molecular flexibility index (Phi) is 32.8. The summed E-state index contributed by atoms with van der Waals surface area (Å²) in [6.07, 6.45) is 45.0. The summed E-state index contributed by atoms with van der Waals surface area (Å²) in [5, 5.41) is 11.0. The van der Waals surface area contributed by atoms with Crippen molar-refractivity contribution in [2.45, 2.75) is 168 Å². The number of hydrogen-bond acceptors (Lipinski definition) is 4. The molecule has 0 aromatic carbocycles. The number of carboxylic acids is 1. The first-order chi connectivity index (χ1) is 22.5. The van der Waals surface area contributed by atoms with Gasteiger partial charge in [0.05, 0.1) is 0 Å². The summed E-state index contributed by atoms with van der Waals surface area (Å²) in [6, 6.07) is 0. The second-order valence-electron chi connectivity index (χ2n) is 12.1. The third-order valence-corrected chi connectivity index (χ3v) is 7.66. The number of carbonyl (C=O) groups is 3. The van der Waals surface area contributed by atoms with Crippen LogP contribution in [0.5, 0.6) is 0 Å². The highest BCUT2D eigenvalue weighted by molar-refractivity contribution is 5.80. The highest BCUT2D eigenvalue weighted by atomic mass is 16.5. The van der Waals surface area contributed by atoms with E-state index in [2.05, 4.69) is 79.9 Å². The molecule has 0 saturated heterocycles. The number of carboxylic acid groups (broad SMARTS) is 1. The van der Waals surface area contributed by atoms with Crippen molar-refractivity contribution >= 4 is 17.8 Å². The van der Waals surface area contributed by atoms with Crippen LogP contribution in [0.4, 0.5) is 0 Å². The first kappa shape index (κ1) is 43.1. The second kappa shape index (κ2) is 35.0. The Hall–Kier alpha value is -2.89. The fraction of sp³-hybridized carbons (Fsp3) is 0.675. The summed E-state index contributed by atoms with van der Waals surface area (Å²) < 4.78 is 5.88. The molecule has 1 amide bonds. The third-order valence-electron chi connectivity index (χ3n) is 7.66. The molecule has 262 valence electrons. The Bertz CT molecular complexity index is 886.